The lowest BCUT2D eigenvalue weighted by atomic mass is 10.2. The third-order valence-electron chi connectivity index (χ3n) is 3.14. The van der Waals surface area contributed by atoms with Crippen LogP contribution in [-0.2, 0) is 16.1 Å². The van der Waals surface area contributed by atoms with Crippen molar-refractivity contribution in [1.82, 2.24) is 14.9 Å². The van der Waals surface area contributed by atoms with Crippen LogP contribution < -0.4 is 10.9 Å². The SMILES string of the molecule is COCC(C)NC(=O)CCn1cnc2ccccc2c1=O. The van der Waals surface area contributed by atoms with E-state index in [2.05, 4.69) is 10.3 Å². The second kappa shape index (κ2) is 6.99. The van der Waals surface area contributed by atoms with Crippen molar-refractivity contribution >= 4 is 16.8 Å². The monoisotopic (exact) mass is 289 g/mol. The third kappa shape index (κ3) is 3.88. The molecule has 1 N–H and O–H groups in total. The second-order valence-corrected chi connectivity index (χ2v) is 4.93. The van der Waals surface area contributed by atoms with Crippen molar-refractivity contribution in [3.8, 4) is 0 Å². The number of nitrogens with zero attached hydrogens (tertiary/aromatic N) is 2. The van der Waals surface area contributed by atoms with E-state index >= 15 is 0 Å². The zero-order valence-corrected chi connectivity index (χ0v) is 12.2. The number of methoxy groups -OCH3 is 1. The van der Waals surface area contributed by atoms with Gasteiger partial charge >= 0.3 is 0 Å². The number of aryl methyl sites for hydroxylation is 1. The van der Waals surface area contributed by atoms with Gasteiger partial charge in [-0.3, -0.25) is 14.2 Å². The number of hydrogen-bond acceptors (Lipinski definition) is 4. The summed E-state index contributed by atoms with van der Waals surface area (Å²) in [7, 11) is 1.59. The lowest BCUT2D eigenvalue weighted by Crippen LogP contribution is -2.36. The molecule has 0 aliphatic rings. The molecule has 0 aliphatic heterocycles. The Labute approximate surface area is 122 Å². The first-order chi connectivity index (χ1) is 10.1. The van der Waals surface area contributed by atoms with Gasteiger partial charge in [0.2, 0.25) is 5.91 Å². The van der Waals surface area contributed by atoms with Gasteiger partial charge in [-0.1, -0.05) is 12.1 Å². The normalized spacial score (nSPS) is 12.3. The van der Waals surface area contributed by atoms with Crippen LogP contribution in [0.25, 0.3) is 10.9 Å². The highest BCUT2D eigenvalue weighted by molar-refractivity contribution is 5.77. The second-order valence-electron chi connectivity index (χ2n) is 4.93. The van der Waals surface area contributed by atoms with Gasteiger partial charge in [0, 0.05) is 26.1 Å². The molecule has 0 saturated carbocycles. The van der Waals surface area contributed by atoms with Crippen LogP contribution in [-0.4, -0.2) is 35.2 Å². The molecular weight excluding hydrogens is 270 g/mol. The third-order valence-corrected chi connectivity index (χ3v) is 3.14. The van der Waals surface area contributed by atoms with Crippen molar-refractivity contribution in [2.24, 2.45) is 0 Å². The zero-order valence-electron chi connectivity index (χ0n) is 12.2. The summed E-state index contributed by atoms with van der Waals surface area (Å²) >= 11 is 0. The Kier molecular flexibility index (Phi) is 5.05. The minimum Gasteiger partial charge on any atom is -0.383 e. The number of rotatable bonds is 6. The molecule has 1 amide bonds. The number of carbonyl (C=O) groups excluding carboxylic acids is 1. The summed E-state index contributed by atoms with van der Waals surface area (Å²) in [5.41, 5.74) is 0.537. The summed E-state index contributed by atoms with van der Waals surface area (Å²) in [6.07, 6.45) is 1.71. The number of benzene rings is 1. The Balaban J connectivity index is 2.02. The highest BCUT2D eigenvalue weighted by Crippen LogP contribution is 2.04. The zero-order chi connectivity index (χ0) is 15.2. The van der Waals surface area contributed by atoms with Crippen LogP contribution in [0.1, 0.15) is 13.3 Å². The smallest absolute Gasteiger partial charge is 0.261 e. The van der Waals surface area contributed by atoms with Crippen molar-refractivity contribution in [3.63, 3.8) is 0 Å². The van der Waals surface area contributed by atoms with Gasteiger partial charge in [-0.2, -0.15) is 0 Å². The van der Waals surface area contributed by atoms with E-state index in [4.69, 9.17) is 4.74 Å². The first-order valence-corrected chi connectivity index (χ1v) is 6.84. The Bertz CT molecular complexity index is 681. The Morgan fingerprint density at radius 2 is 2.19 bits per heavy atom. The molecule has 0 fully saturated rings. The lowest BCUT2D eigenvalue weighted by molar-refractivity contribution is -0.122. The van der Waals surface area contributed by atoms with Gasteiger partial charge in [-0.25, -0.2) is 4.98 Å². The van der Waals surface area contributed by atoms with Crippen molar-refractivity contribution in [2.45, 2.75) is 25.9 Å². The standard InChI is InChI=1S/C15H19N3O3/c1-11(9-21-2)17-14(19)7-8-18-10-16-13-6-4-3-5-12(13)15(18)20/h3-6,10-11H,7-9H2,1-2H3,(H,17,19). The molecule has 0 spiro atoms. The maximum Gasteiger partial charge on any atom is 0.261 e. The Hall–Kier alpha value is -2.21. The number of para-hydroxylation sites is 1. The lowest BCUT2D eigenvalue weighted by Gasteiger charge is -2.13. The molecule has 1 aromatic carbocycles. The van der Waals surface area contributed by atoms with Gasteiger partial charge in [-0.05, 0) is 19.1 Å². The summed E-state index contributed by atoms with van der Waals surface area (Å²) in [5, 5.41) is 3.37. The molecule has 1 unspecified atom stereocenters. The van der Waals surface area contributed by atoms with E-state index < -0.39 is 0 Å². The fraction of sp³-hybridized carbons (Fsp3) is 0.400. The van der Waals surface area contributed by atoms with Crippen molar-refractivity contribution < 1.29 is 9.53 Å². The fourth-order valence-corrected chi connectivity index (χ4v) is 2.13. The Morgan fingerprint density at radius 3 is 2.95 bits per heavy atom. The van der Waals surface area contributed by atoms with E-state index in [9.17, 15) is 9.59 Å². The van der Waals surface area contributed by atoms with E-state index in [0.717, 1.165) is 0 Å². The molecule has 1 heterocycles. The van der Waals surface area contributed by atoms with Crippen molar-refractivity contribution in [1.29, 1.82) is 0 Å². The van der Waals surface area contributed by atoms with E-state index in [1.165, 1.54) is 10.9 Å². The van der Waals surface area contributed by atoms with Gasteiger partial charge < -0.3 is 10.1 Å². The quantitative estimate of drug-likeness (QED) is 0.859. The molecule has 0 radical (unpaired) electrons. The molecular formula is C15H19N3O3. The molecule has 2 rings (SSSR count). The minimum absolute atomic E-state index is 0.0473. The molecule has 112 valence electrons. The maximum atomic E-state index is 12.2. The number of ether oxygens (including phenoxy) is 1. The van der Waals surface area contributed by atoms with E-state index in [1.54, 1.807) is 25.3 Å². The van der Waals surface area contributed by atoms with Crippen LogP contribution in [0.15, 0.2) is 35.4 Å². The molecule has 6 nitrogen and oxygen atoms in total. The van der Waals surface area contributed by atoms with Crippen molar-refractivity contribution in [3.05, 3.63) is 40.9 Å². The molecule has 6 heteroatoms. The van der Waals surface area contributed by atoms with Crippen LogP contribution in [0.3, 0.4) is 0 Å². The van der Waals surface area contributed by atoms with Gasteiger partial charge in [0.15, 0.2) is 0 Å². The topological polar surface area (TPSA) is 73.2 Å². The number of hydrogen-bond donors (Lipinski definition) is 1. The number of carbonyl (C=O) groups is 1. The number of aromatic nitrogens is 2. The summed E-state index contributed by atoms with van der Waals surface area (Å²) in [5.74, 6) is -0.111. The number of fused-ring (bicyclic) bond motifs is 1. The van der Waals surface area contributed by atoms with Crippen LogP contribution >= 0.6 is 0 Å². The maximum absolute atomic E-state index is 12.2. The molecule has 1 aromatic heterocycles. The summed E-state index contributed by atoms with van der Waals surface area (Å²) in [6, 6.07) is 7.12. The fourth-order valence-electron chi connectivity index (χ4n) is 2.13. The summed E-state index contributed by atoms with van der Waals surface area (Å²) in [4.78, 5) is 28.2. The molecule has 0 saturated heterocycles. The molecule has 2 aromatic rings. The number of amides is 1. The first-order valence-electron chi connectivity index (χ1n) is 6.84. The predicted octanol–water partition coefficient (Wildman–Crippen LogP) is 0.938. The van der Waals surface area contributed by atoms with Gasteiger partial charge in [0.25, 0.3) is 5.56 Å². The van der Waals surface area contributed by atoms with E-state index in [0.29, 0.717) is 24.1 Å². The number of nitrogens with one attached hydrogen (secondary N) is 1. The first kappa shape index (κ1) is 15.2. The minimum atomic E-state index is -0.127. The summed E-state index contributed by atoms with van der Waals surface area (Å²) in [6.45, 7) is 2.64. The average Bonchev–Trinajstić information content (AvgIpc) is 2.47. The highest BCUT2D eigenvalue weighted by Gasteiger charge is 2.08. The predicted molar refractivity (Wildman–Crippen MR) is 80.1 cm³/mol. The Morgan fingerprint density at radius 1 is 1.43 bits per heavy atom. The summed E-state index contributed by atoms with van der Waals surface area (Å²) < 4.78 is 6.42. The molecule has 0 aliphatic carbocycles. The molecule has 1 atom stereocenters. The average molecular weight is 289 g/mol. The van der Waals surface area contributed by atoms with Gasteiger partial charge in [0.05, 0.1) is 23.8 Å². The van der Waals surface area contributed by atoms with Crippen LogP contribution in [0.4, 0.5) is 0 Å². The van der Waals surface area contributed by atoms with Gasteiger partial charge in [0.1, 0.15) is 0 Å². The van der Waals surface area contributed by atoms with Crippen LogP contribution in [0, 0.1) is 0 Å². The van der Waals surface area contributed by atoms with E-state index in [-0.39, 0.29) is 23.9 Å². The molecule has 0 bridgehead atoms. The highest BCUT2D eigenvalue weighted by atomic mass is 16.5. The van der Waals surface area contributed by atoms with Gasteiger partial charge in [-0.15, -0.1) is 0 Å². The molecule has 21 heavy (non-hydrogen) atoms. The largest absolute Gasteiger partial charge is 0.383 e. The van der Waals surface area contributed by atoms with E-state index in [1.807, 2.05) is 13.0 Å². The van der Waals surface area contributed by atoms with Crippen LogP contribution in [0.5, 0.6) is 0 Å². The van der Waals surface area contributed by atoms with Crippen molar-refractivity contribution in [2.75, 3.05) is 13.7 Å². The van der Waals surface area contributed by atoms with Crippen LogP contribution in [0.2, 0.25) is 0 Å².